The standard InChI is InChI=1S/C10H20N2O4S/c1-8(6-16-2)12-10(13)5-9-7-17(14,15)4-3-11-9/h8-9,11H,3-7H2,1-2H3,(H,12,13). The maximum Gasteiger partial charge on any atom is 0.221 e. The molecule has 1 rings (SSSR count). The number of sulfone groups is 1. The molecular weight excluding hydrogens is 244 g/mol. The van der Waals surface area contributed by atoms with Crippen molar-refractivity contribution in [3.8, 4) is 0 Å². The summed E-state index contributed by atoms with van der Waals surface area (Å²) < 4.78 is 27.7. The van der Waals surface area contributed by atoms with Gasteiger partial charge in [0.25, 0.3) is 0 Å². The number of carbonyl (C=O) groups is 1. The van der Waals surface area contributed by atoms with Gasteiger partial charge in [-0.05, 0) is 6.92 Å². The summed E-state index contributed by atoms with van der Waals surface area (Å²) in [6.45, 7) is 2.71. The Morgan fingerprint density at radius 1 is 1.59 bits per heavy atom. The third-order valence-corrected chi connectivity index (χ3v) is 4.29. The van der Waals surface area contributed by atoms with Crippen molar-refractivity contribution in [1.82, 2.24) is 10.6 Å². The molecule has 1 amide bonds. The molecule has 100 valence electrons. The maximum atomic E-state index is 11.6. The first-order chi connectivity index (χ1) is 7.93. The van der Waals surface area contributed by atoms with Crippen LogP contribution in [-0.2, 0) is 19.4 Å². The monoisotopic (exact) mass is 264 g/mol. The number of hydrogen-bond donors (Lipinski definition) is 2. The van der Waals surface area contributed by atoms with E-state index in [1.807, 2.05) is 6.92 Å². The molecule has 17 heavy (non-hydrogen) atoms. The average molecular weight is 264 g/mol. The van der Waals surface area contributed by atoms with E-state index in [2.05, 4.69) is 10.6 Å². The van der Waals surface area contributed by atoms with E-state index in [-0.39, 0.29) is 35.9 Å². The molecule has 0 aromatic heterocycles. The second-order valence-corrected chi connectivity index (χ2v) is 6.62. The highest BCUT2D eigenvalue weighted by Crippen LogP contribution is 2.05. The average Bonchev–Trinajstić information content (AvgIpc) is 2.15. The van der Waals surface area contributed by atoms with Gasteiger partial charge < -0.3 is 15.4 Å². The van der Waals surface area contributed by atoms with Gasteiger partial charge in [0, 0.05) is 32.2 Å². The lowest BCUT2D eigenvalue weighted by molar-refractivity contribution is -0.122. The van der Waals surface area contributed by atoms with Crippen LogP contribution in [0.25, 0.3) is 0 Å². The van der Waals surface area contributed by atoms with Crippen LogP contribution in [0.5, 0.6) is 0 Å². The normalized spacial score (nSPS) is 25.2. The zero-order valence-corrected chi connectivity index (χ0v) is 11.0. The van der Waals surface area contributed by atoms with Crippen molar-refractivity contribution in [1.29, 1.82) is 0 Å². The molecule has 7 heteroatoms. The molecule has 1 aliphatic rings. The highest BCUT2D eigenvalue weighted by Gasteiger charge is 2.26. The van der Waals surface area contributed by atoms with Gasteiger partial charge in [-0.2, -0.15) is 0 Å². The van der Waals surface area contributed by atoms with Gasteiger partial charge in [-0.3, -0.25) is 4.79 Å². The Hall–Kier alpha value is -0.660. The zero-order chi connectivity index (χ0) is 12.9. The van der Waals surface area contributed by atoms with Crippen molar-refractivity contribution < 1.29 is 17.9 Å². The SMILES string of the molecule is COCC(C)NC(=O)CC1CS(=O)(=O)CCN1. The first-order valence-corrected chi connectivity index (χ1v) is 7.47. The minimum atomic E-state index is -2.98. The van der Waals surface area contributed by atoms with E-state index in [1.165, 1.54) is 0 Å². The molecule has 1 saturated heterocycles. The lowest BCUT2D eigenvalue weighted by Crippen LogP contribution is -2.48. The van der Waals surface area contributed by atoms with Gasteiger partial charge in [-0.25, -0.2) is 8.42 Å². The lowest BCUT2D eigenvalue weighted by atomic mass is 10.2. The molecule has 0 radical (unpaired) electrons. The molecule has 2 unspecified atom stereocenters. The van der Waals surface area contributed by atoms with E-state index < -0.39 is 9.84 Å². The Bertz CT molecular complexity index is 355. The van der Waals surface area contributed by atoms with Crippen molar-refractivity contribution in [2.24, 2.45) is 0 Å². The van der Waals surface area contributed by atoms with Crippen molar-refractivity contribution >= 4 is 15.7 Å². The Labute approximate surface area is 102 Å². The maximum absolute atomic E-state index is 11.6. The van der Waals surface area contributed by atoms with Crippen LogP contribution < -0.4 is 10.6 Å². The summed E-state index contributed by atoms with van der Waals surface area (Å²) in [7, 11) is -1.42. The third kappa shape index (κ3) is 5.47. The Morgan fingerprint density at radius 2 is 2.29 bits per heavy atom. The van der Waals surface area contributed by atoms with Crippen LogP contribution in [0.4, 0.5) is 0 Å². The largest absolute Gasteiger partial charge is 0.383 e. The van der Waals surface area contributed by atoms with E-state index in [9.17, 15) is 13.2 Å². The Kier molecular flexibility index (Phi) is 5.35. The van der Waals surface area contributed by atoms with Crippen molar-refractivity contribution in [3.63, 3.8) is 0 Å². The summed E-state index contributed by atoms with van der Waals surface area (Å²) in [5, 5.41) is 5.80. The number of ether oxygens (including phenoxy) is 1. The van der Waals surface area contributed by atoms with Crippen LogP contribution in [-0.4, -0.2) is 58.2 Å². The van der Waals surface area contributed by atoms with Crippen LogP contribution in [0.15, 0.2) is 0 Å². The molecule has 0 saturated carbocycles. The summed E-state index contributed by atoms with van der Waals surface area (Å²) in [5.41, 5.74) is 0. The van der Waals surface area contributed by atoms with Crippen LogP contribution in [0.2, 0.25) is 0 Å². The highest BCUT2D eigenvalue weighted by molar-refractivity contribution is 7.91. The molecule has 0 spiro atoms. The summed E-state index contributed by atoms with van der Waals surface area (Å²) in [5.74, 6) is 0.0498. The second kappa shape index (κ2) is 6.32. The van der Waals surface area contributed by atoms with Gasteiger partial charge in [0.2, 0.25) is 5.91 Å². The van der Waals surface area contributed by atoms with Crippen molar-refractivity contribution in [2.45, 2.75) is 25.4 Å². The van der Waals surface area contributed by atoms with Crippen LogP contribution in [0.1, 0.15) is 13.3 Å². The topological polar surface area (TPSA) is 84.5 Å². The van der Waals surface area contributed by atoms with E-state index in [0.29, 0.717) is 13.2 Å². The minimum Gasteiger partial charge on any atom is -0.383 e. The van der Waals surface area contributed by atoms with E-state index >= 15 is 0 Å². The van der Waals surface area contributed by atoms with Crippen LogP contribution in [0, 0.1) is 0 Å². The predicted octanol–water partition coefficient (Wildman–Crippen LogP) is -1.09. The molecule has 0 aromatic carbocycles. The van der Waals surface area contributed by atoms with Crippen LogP contribution >= 0.6 is 0 Å². The molecule has 2 atom stereocenters. The van der Waals surface area contributed by atoms with Crippen molar-refractivity contribution in [2.75, 3.05) is 31.8 Å². The first kappa shape index (κ1) is 14.4. The number of nitrogens with one attached hydrogen (secondary N) is 2. The van der Waals surface area contributed by atoms with Gasteiger partial charge in [-0.15, -0.1) is 0 Å². The lowest BCUT2D eigenvalue weighted by Gasteiger charge is -2.23. The molecule has 2 N–H and O–H groups in total. The first-order valence-electron chi connectivity index (χ1n) is 5.65. The van der Waals surface area contributed by atoms with Crippen LogP contribution in [0.3, 0.4) is 0 Å². The number of rotatable bonds is 5. The zero-order valence-electron chi connectivity index (χ0n) is 10.2. The van der Waals surface area contributed by atoms with E-state index in [0.717, 1.165) is 0 Å². The summed E-state index contributed by atoms with van der Waals surface area (Å²) in [6, 6.07) is -0.337. The molecule has 1 heterocycles. The molecule has 6 nitrogen and oxygen atoms in total. The fourth-order valence-electron chi connectivity index (χ4n) is 1.85. The number of amides is 1. The predicted molar refractivity (Wildman–Crippen MR) is 64.5 cm³/mol. The molecule has 1 aliphatic heterocycles. The summed E-state index contributed by atoms with van der Waals surface area (Å²) in [6.07, 6.45) is 0.188. The fourth-order valence-corrected chi connectivity index (χ4v) is 3.29. The minimum absolute atomic E-state index is 0.0408. The van der Waals surface area contributed by atoms with Crippen molar-refractivity contribution in [3.05, 3.63) is 0 Å². The molecule has 1 fully saturated rings. The second-order valence-electron chi connectivity index (χ2n) is 4.39. The molecule has 0 aromatic rings. The quantitative estimate of drug-likeness (QED) is 0.659. The smallest absolute Gasteiger partial charge is 0.221 e. The summed E-state index contributed by atoms with van der Waals surface area (Å²) in [4.78, 5) is 11.6. The molecule has 0 bridgehead atoms. The number of hydrogen-bond acceptors (Lipinski definition) is 5. The Balaban J connectivity index is 2.36. The van der Waals surface area contributed by atoms with Gasteiger partial charge in [0.1, 0.15) is 0 Å². The van der Waals surface area contributed by atoms with Gasteiger partial charge >= 0.3 is 0 Å². The number of carbonyl (C=O) groups excluding carboxylic acids is 1. The van der Waals surface area contributed by atoms with E-state index in [4.69, 9.17) is 4.74 Å². The van der Waals surface area contributed by atoms with Gasteiger partial charge in [-0.1, -0.05) is 0 Å². The molecular formula is C10H20N2O4S. The van der Waals surface area contributed by atoms with Gasteiger partial charge in [0.15, 0.2) is 9.84 Å². The fraction of sp³-hybridized carbons (Fsp3) is 0.900. The molecule has 0 aliphatic carbocycles. The third-order valence-electron chi connectivity index (χ3n) is 2.56. The van der Waals surface area contributed by atoms with Gasteiger partial charge in [0.05, 0.1) is 18.1 Å². The highest BCUT2D eigenvalue weighted by atomic mass is 32.2. The number of methoxy groups -OCH3 is 1. The summed E-state index contributed by atoms with van der Waals surface area (Å²) >= 11 is 0. The Morgan fingerprint density at radius 3 is 2.88 bits per heavy atom. The van der Waals surface area contributed by atoms with E-state index in [1.54, 1.807) is 7.11 Å².